The number of aromatic nitrogens is 1. The molecule has 0 saturated carbocycles. The lowest BCUT2D eigenvalue weighted by atomic mass is 9.99. The van der Waals surface area contributed by atoms with Gasteiger partial charge in [-0.25, -0.2) is 26.3 Å². The zero-order chi connectivity index (χ0) is 45.9. The highest BCUT2D eigenvalue weighted by Gasteiger charge is 2.27. The molecule has 0 spiro atoms. The van der Waals surface area contributed by atoms with E-state index in [1.165, 1.54) is 48.5 Å². The quantitative estimate of drug-likeness (QED) is 0.148. The molecule has 0 aliphatic carbocycles. The second-order valence-electron chi connectivity index (χ2n) is 17.0. The number of hydrogen-bond acceptors (Lipinski definition) is 3. The summed E-state index contributed by atoms with van der Waals surface area (Å²) < 4.78 is 92.8. The predicted molar refractivity (Wildman–Crippen MR) is 266 cm³/mol. The minimum Gasteiger partial charge on any atom is -0.310 e. The Kier molecular flexibility index (Phi) is 8.88. The van der Waals surface area contributed by atoms with Crippen LogP contribution in [0, 0.1) is 34.9 Å². The van der Waals surface area contributed by atoms with Gasteiger partial charge in [0.15, 0.2) is 0 Å². The van der Waals surface area contributed by atoms with Crippen LogP contribution in [0.4, 0.5) is 60.5 Å². The van der Waals surface area contributed by atoms with Gasteiger partial charge in [-0.05, 0) is 132 Å². The van der Waals surface area contributed by atoms with Crippen LogP contribution in [0.1, 0.15) is 0 Å². The number of fused-ring (bicyclic) bond motifs is 11. The molecule has 68 heavy (non-hydrogen) atoms. The molecule has 13 aromatic rings. The van der Waals surface area contributed by atoms with E-state index in [2.05, 4.69) is 59.0 Å². The average molecular weight is 916 g/mol. The maximum absolute atomic E-state index is 16.1. The maximum Gasteiger partial charge on any atom is 0.150 e. The van der Waals surface area contributed by atoms with E-state index in [4.69, 9.17) is 0 Å². The Morgan fingerprint density at radius 1 is 0.368 bits per heavy atom. The first-order valence-corrected chi connectivity index (χ1v) is 22.6. The third-order valence-electron chi connectivity index (χ3n) is 13.0. The molecule has 0 fully saturated rings. The molecule has 0 bridgehead atoms. The van der Waals surface area contributed by atoms with E-state index in [9.17, 15) is 22.0 Å². The van der Waals surface area contributed by atoms with Gasteiger partial charge in [0.2, 0.25) is 0 Å². The molecule has 10 aromatic carbocycles. The van der Waals surface area contributed by atoms with Crippen molar-refractivity contribution in [2.45, 2.75) is 0 Å². The highest BCUT2D eigenvalue weighted by molar-refractivity contribution is 7.26. The van der Waals surface area contributed by atoms with Crippen LogP contribution in [0.3, 0.4) is 0 Å². The van der Waals surface area contributed by atoms with Crippen molar-refractivity contribution in [3.63, 3.8) is 0 Å². The van der Waals surface area contributed by atoms with Crippen molar-refractivity contribution in [1.29, 1.82) is 0 Å². The smallest absolute Gasteiger partial charge is 0.150 e. The fraction of sp³-hybridized carbons (Fsp3) is 0. The average Bonchev–Trinajstić information content (AvgIpc) is 4.00. The molecule has 0 N–H and O–H groups in total. The van der Waals surface area contributed by atoms with Gasteiger partial charge in [0.25, 0.3) is 0 Å². The second kappa shape index (κ2) is 15.1. The first kappa shape index (κ1) is 40.0. The maximum atomic E-state index is 16.1. The molecule has 13 rings (SSSR count). The van der Waals surface area contributed by atoms with Crippen LogP contribution >= 0.6 is 11.3 Å². The minimum absolute atomic E-state index is 0.105. The predicted octanol–water partition coefficient (Wildman–Crippen LogP) is 17.8. The lowest BCUT2D eigenvalue weighted by Gasteiger charge is -2.27. The number of nitrogens with zero attached hydrogens (tertiary/aromatic N) is 3. The standard InChI is InChI=1S/C58H31F6N3S/c59-35-8-13-40(14-9-35)65(43-27-38(62)26-39(63)28-43)42-17-19-44-46-18-6-34-25-54-48(31-47(34)58(46)68-55(44)30-42)45-20-23-53(66(41-15-10-36(60)11-16-41)52-22-12-37(61)29-50(52)64)56-49-24-33(32-4-2-1-3-5-32)7-21-51(49)67(54)57(45)56/h1-31H. The lowest BCUT2D eigenvalue weighted by Crippen LogP contribution is -2.12. The fourth-order valence-corrected chi connectivity index (χ4v) is 11.3. The van der Waals surface area contributed by atoms with E-state index in [1.54, 1.807) is 45.4 Å². The lowest BCUT2D eigenvalue weighted by molar-refractivity contribution is 0.583. The largest absolute Gasteiger partial charge is 0.310 e. The fourth-order valence-electron chi connectivity index (χ4n) is 10.1. The molecule has 0 radical (unpaired) electrons. The Morgan fingerprint density at radius 2 is 1.03 bits per heavy atom. The molecule has 0 aliphatic rings. The van der Waals surface area contributed by atoms with E-state index in [0.717, 1.165) is 92.3 Å². The molecule has 0 unspecified atom stereocenters. The summed E-state index contributed by atoms with van der Waals surface area (Å²) in [5.41, 5.74) is 7.50. The van der Waals surface area contributed by atoms with E-state index in [0.29, 0.717) is 22.7 Å². The number of benzene rings is 10. The summed E-state index contributed by atoms with van der Waals surface area (Å²) in [6.07, 6.45) is 0. The topological polar surface area (TPSA) is 10.9 Å². The molecule has 0 saturated heterocycles. The second-order valence-corrected chi connectivity index (χ2v) is 18.0. The Labute approximate surface area is 387 Å². The van der Waals surface area contributed by atoms with E-state index >= 15 is 4.39 Å². The first-order valence-electron chi connectivity index (χ1n) is 21.8. The van der Waals surface area contributed by atoms with Crippen molar-refractivity contribution in [2.24, 2.45) is 0 Å². The van der Waals surface area contributed by atoms with Crippen molar-refractivity contribution in [3.05, 3.63) is 223 Å². The van der Waals surface area contributed by atoms with Crippen LogP contribution < -0.4 is 9.80 Å². The van der Waals surface area contributed by atoms with Crippen LogP contribution in [0.25, 0.3) is 80.2 Å². The zero-order valence-corrected chi connectivity index (χ0v) is 36.2. The molecule has 326 valence electrons. The zero-order valence-electron chi connectivity index (χ0n) is 35.4. The van der Waals surface area contributed by atoms with Gasteiger partial charge in [-0.15, -0.1) is 11.3 Å². The van der Waals surface area contributed by atoms with Crippen molar-refractivity contribution >= 4 is 115 Å². The first-order chi connectivity index (χ1) is 33.1. The molecule has 3 heterocycles. The summed E-state index contributed by atoms with van der Waals surface area (Å²) in [4.78, 5) is 3.43. The van der Waals surface area contributed by atoms with Crippen LogP contribution in [0.2, 0.25) is 0 Å². The van der Waals surface area contributed by atoms with Crippen LogP contribution in [-0.4, -0.2) is 4.40 Å². The SMILES string of the molecule is Fc1ccc(N(c2cc(F)cc(F)c2)c2ccc3c(c2)sc2c4cc5c6ccc(N(c7ccc(F)cc7)c7ccc(F)cc7F)c7c8cc(-c9ccccc9)ccc8n(c5cc4ccc32)c67)cc1. The van der Waals surface area contributed by atoms with Crippen molar-refractivity contribution in [2.75, 3.05) is 9.80 Å². The van der Waals surface area contributed by atoms with Crippen molar-refractivity contribution < 1.29 is 26.3 Å². The van der Waals surface area contributed by atoms with E-state index in [-0.39, 0.29) is 11.4 Å². The normalized spacial score (nSPS) is 12.0. The molecule has 3 aromatic heterocycles. The summed E-state index contributed by atoms with van der Waals surface area (Å²) in [5.74, 6) is -3.82. The van der Waals surface area contributed by atoms with Gasteiger partial charge in [-0.3, -0.25) is 0 Å². The summed E-state index contributed by atoms with van der Waals surface area (Å²) in [5, 5.41) is 7.82. The Morgan fingerprint density at radius 3 is 1.76 bits per heavy atom. The summed E-state index contributed by atoms with van der Waals surface area (Å²) >= 11 is 1.62. The van der Waals surface area contributed by atoms with Gasteiger partial charge in [-0.2, -0.15) is 0 Å². The highest BCUT2D eigenvalue weighted by Crippen LogP contribution is 2.50. The van der Waals surface area contributed by atoms with E-state index in [1.807, 2.05) is 48.5 Å². The van der Waals surface area contributed by atoms with Gasteiger partial charge in [0.1, 0.15) is 34.9 Å². The minimum atomic E-state index is -0.768. The number of rotatable bonds is 7. The molecule has 0 atom stereocenters. The molecule has 10 heteroatoms. The van der Waals surface area contributed by atoms with Crippen molar-refractivity contribution in [3.8, 4) is 11.1 Å². The molecule has 0 amide bonds. The van der Waals surface area contributed by atoms with Gasteiger partial charge in [-0.1, -0.05) is 60.7 Å². The number of thiophene rings is 1. The van der Waals surface area contributed by atoms with E-state index < -0.39 is 34.9 Å². The molecule has 3 nitrogen and oxygen atoms in total. The van der Waals surface area contributed by atoms with Crippen LogP contribution in [-0.2, 0) is 0 Å². The monoisotopic (exact) mass is 915 g/mol. The highest BCUT2D eigenvalue weighted by atomic mass is 32.1. The number of anilines is 6. The van der Waals surface area contributed by atoms with Crippen LogP contribution in [0.15, 0.2) is 188 Å². The number of hydrogen-bond donors (Lipinski definition) is 0. The van der Waals surface area contributed by atoms with Crippen LogP contribution in [0.5, 0.6) is 0 Å². The van der Waals surface area contributed by atoms with Gasteiger partial charge in [0.05, 0.1) is 33.6 Å². The Balaban J connectivity index is 1.06. The molecular weight excluding hydrogens is 885 g/mol. The molecule has 0 aliphatic heterocycles. The van der Waals surface area contributed by atoms with Gasteiger partial charge in [0, 0.05) is 76.3 Å². The third-order valence-corrected chi connectivity index (χ3v) is 14.2. The third kappa shape index (κ3) is 6.21. The Bertz CT molecular complexity index is 4150. The summed E-state index contributed by atoms with van der Waals surface area (Å²) in [6.45, 7) is 0. The van der Waals surface area contributed by atoms with Gasteiger partial charge < -0.3 is 14.2 Å². The number of halogens is 6. The summed E-state index contributed by atoms with van der Waals surface area (Å²) in [6, 6.07) is 53.5. The van der Waals surface area contributed by atoms with Crippen molar-refractivity contribution in [1.82, 2.24) is 4.40 Å². The Hall–Kier alpha value is -8.34. The molecular formula is C58H31F6N3S. The van der Waals surface area contributed by atoms with Gasteiger partial charge >= 0.3 is 0 Å². The summed E-state index contributed by atoms with van der Waals surface area (Å²) in [7, 11) is 0.